The van der Waals surface area contributed by atoms with Gasteiger partial charge in [0.1, 0.15) is 5.78 Å². The molecule has 1 fully saturated rings. The lowest BCUT2D eigenvalue weighted by Crippen LogP contribution is -2.25. The Morgan fingerprint density at radius 2 is 2.27 bits per heavy atom. The maximum Gasteiger partial charge on any atom is 0.136 e. The van der Waals surface area contributed by atoms with Crippen molar-refractivity contribution in [2.45, 2.75) is 32.6 Å². The van der Waals surface area contributed by atoms with Gasteiger partial charge in [-0.1, -0.05) is 13.3 Å². The van der Waals surface area contributed by atoms with E-state index in [9.17, 15) is 4.79 Å². The minimum atomic E-state index is 0.378. The molecule has 2 N–H and O–H groups in total. The van der Waals surface area contributed by atoms with Gasteiger partial charge in [0.25, 0.3) is 0 Å². The Morgan fingerprint density at radius 3 is 2.64 bits per heavy atom. The summed E-state index contributed by atoms with van der Waals surface area (Å²) in [6.07, 6.45) is 4.18. The van der Waals surface area contributed by atoms with Crippen LogP contribution in [0.4, 0.5) is 0 Å². The molecular weight excluding hydrogens is 138 g/mol. The number of ketones is 1. The van der Waals surface area contributed by atoms with Crippen molar-refractivity contribution in [3.63, 3.8) is 0 Å². The highest BCUT2D eigenvalue weighted by Crippen LogP contribution is 2.28. The molecule has 0 aromatic carbocycles. The van der Waals surface area contributed by atoms with Gasteiger partial charge in [0, 0.05) is 12.3 Å². The molecule has 0 aromatic rings. The van der Waals surface area contributed by atoms with Gasteiger partial charge in [0.15, 0.2) is 0 Å². The number of carbonyl (C=O) groups excluding carboxylic acids is 1. The third-order valence-electron chi connectivity index (χ3n) is 2.51. The highest BCUT2D eigenvalue weighted by Gasteiger charge is 2.25. The number of hydrogen-bond donors (Lipinski definition) is 1. The van der Waals surface area contributed by atoms with E-state index >= 15 is 0 Å². The summed E-state index contributed by atoms with van der Waals surface area (Å²) in [5, 5.41) is 0. The van der Waals surface area contributed by atoms with Gasteiger partial charge >= 0.3 is 0 Å². The van der Waals surface area contributed by atoms with Crippen LogP contribution >= 0.6 is 0 Å². The molecule has 1 atom stereocenters. The maximum absolute atomic E-state index is 11.3. The monoisotopic (exact) mass is 155 g/mol. The largest absolute Gasteiger partial charge is 0.330 e. The molecule has 0 bridgehead atoms. The molecule has 1 rings (SSSR count). The summed E-state index contributed by atoms with van der Waals surface area (Å²) < 4.78 is 0. The van der Waals surface area contributed by atoms with E-state index in [2.05, 4.69) is 0 Å². The lowest BCUT2D eigenvalue weighted by atomic mass is 9.79. The smallest absolute Gasteiger partial charge is 0.136 e. The average molecular weight is 155 g/mol. The summed E-state index contributed by atoms with van der Waals surface area (Å²) in [6, 6.07) is 0. The van der Waals surface area contributed by atoms with Crippen molar-refractivity contribution in [1.82, 2.24) is 0 Å². The molecule has 0 heterocycles. The Balaban J connectivity index is 2.19. The van der Waals surface area contributed by atoms with Crippen LogP contribution in [0, 0.1) is 11.8 Å². The average Bonchev–Trinajstić information content (AvgIpc) is 1.83. The fourth-order valence-electron chi connectivity index (χ4n) is 1.32. The van der Waals surface area contributed by atoms with E-state index in [-0.39, 0.29) is 0 Å². The van der Waals surface area contributed by atoms with Gasteiger partial charge in [-0.3, -0.25) is 4.79 Å². The van der Waals surface area contributed by atoms with Crippen LogP contribution in [0.15, 0.2) is 0 Å². The zero-order valence-electron chi connectivity index (χ0n) is 7.18. The van der Waals surface area contributed by atoms with Crippen LogP contribution in [0.2, 0.25) is 0 Å². The quantitative estimate of drug-likeness (QED) is 0.665. The van der Waals surface area contributed by atoms with Crippen molar-refractivity contribution in [3.05, 3.63) is 0 Å². The van der Waals surface area contributed by atoms with Gasteiger partial charge in [-0.15, -0.1) is 0 Å². The molecule has 0 aromatic heterocycles. The fourth-order valence-corrected chi connectivity index (χ4v) is 1.32. The molecule has 0 saturated heterocycles. The van der Waals surface area contributed by atoms with Crippen molar-refractivity contribution in [3.8, 4) is 0 Å². The third kappa shape index (κ3) is 2.29. The normalized spacial score (nSPS) is 20.9. The summed E-state index contributed by atoms with van der Waals surface area (Å²) in [7, 11) is 0. The second-order valence-corrected chi connectivity index (χ2v) is 3.64. The first-order chi connectivity index (χ1) is 5.24. The van der Waals surface area contributed by atoms with E-state index < -0.39 is 0 Å². The molecular formula is C9H17NO. The molecule has 0 amide bonds. The zero-order valence-corrected chi connectivity index (χ0v) is 7.18. The number of carbonyl (C=O) groups is 1. The first-order valence-corrected chi connectivity index (χ1v) is 4.46. The van der Waals surface area contributed by atoms with E-state index in [1.54, 1.807) is 0 Å². The first-order valence-electron chi connectivity index (χ1n) is 4.46. The molecule has 1 aliphatic rings. The number of nitrogens with two attached hydrogens (primary N) is 1. The summed E-state index contributed by atoms with van der Waals surface area (Å²) in [4.78, 5) is 11.3. The number of hydrogen-bond acceptors (Lipinski definition) is 2. The Labute approximate surface area is 68.2 Å². The molecule has 0 aliphatic heterocycles. The van der Waals surface area contributed by atoms with Crippen LogP contribution in [-0.4, -0.2) is 12.3 Å². The molecule has 1 unspecified atom stereocenters. The molecule has 64 valence electrons. The summed E-state index contributed by atoms with van der Waals surface area (Å²) in [5.41, 5.74) is 5.43. The standard InChI is InChI=1S/C9H17NO/c1-7(6-10)5-9(11)8-3-2-4-8/h7-8H,2-6,10H2,1H3. The van der Waals surface area contributed by atoms with Gasteiger partial charge in [-0.05, 0) is 25.3 Å². The Morgan fingerprint density at radius 1 is 1.64 bits per heavy atom. The highest BCUT2D eigenvalue weighted by atomic mass is 16.1. The molecule has 2 heteroatoms. The molecule has 1 saturated carbocycles. The van der Waals surface area contributed by atoms with Crippen molar-refractivity contribution in [1.29, 1.82) is 0 Å². The van der Waals surface area contributed by atoms with E-state index in [4.69, 9.17) is 5.73 Å². The second-order valence-electron chi connectivity index (χ2n) is 3.64. The Hall–Kier alpha value is -0.370. The molecule has 11 heavy (non-hydrogen) atoms. The predicted octanol–water partition coefficient (Wildman–Crippen LogP) is 1.34. The lowest BCUT2D eigenvalue weighted by Gasteiger charge is -2.24. The van der Waals surface area contributed by atoms with Crippen molar-refractivity contribution >= 4 is 5.78 Å². The lowest BCUT2D eigenvalue weighted by molar-refractivity contribution is -0.125. The third-order valence-corrected chi connectivity index (χ3v) is 2.51. The Kier molecular flexibility index (Phi) is 3.06. The molecule has 1 aliphatic carbocycles. The van der Waals surface area contributed by atoms with Crippen LogP contribution < -0.4 is 5.73 Å². The van der Waals surface area contributed by atoms with Crippen LogP contribution in [0.5, 0.6) is 0 Å². The van der Waals surface area contributed by atoms with Crippen LogP contribution in [0.1, 0.15) is 32.6 Å². The van der Waals surface area contributed by atoms with Crippen LogP contribution in [-0.2, 0) is 4.79 Å². The first kappa shape index (κ1) is 8.72. The molecule has 2 nitrogen and oxygen atoms in total. The summed E-state index contributed by atoms with van der Waals surface area (Å²) in [5.74, 6) is 1.21. The van der Waals surface area contributed by atoms with Crippen molar-refractivity contribution < 1.29 is 4.79 Å². The van der Waals surface area contributed by atoms with Crippen LogP contribution in [0.25, 0.3) is 0 Å². The zero-order chi connectivity index (χ0) is 8.27. The molecule has 0 spiro atoms. The minimum absolute atomic E-state index is 0.378. The Bertz CT molecular complexity index is 140. The van der Waals surface area contributed by atoms with Crippen molar-refractivity contribution in [2.24, 2.45) is 17.6 Å². The van der Waals surface area contributed by atoms with Gasteiger partial charge < -0.3 is 5.73 Å². The van der Waals surface area contributed by atoms with Gasteiger partial charge in [-0.2, -0.15) is 0 Å². The second kappa shape index (κ2) is 3.86. The van der Waals surface area contributed by atoms with E-state index in [0.29, 0.717) is 30.6 Å². The molecule has 0 radical (unpaired) electrons. The number of rotatable bonds is 4. The fraction of sp³-hybridized carbons (Fsp3) is 0.889. The van der Waals surface area contributed by atoms with Gasteiger partial charge in [-0.25, -0.2) is 0 Å². The van der Waals surface area contributed by atoms with Gasteiger partial charge in [0.05, 0.1) is 0 Å². The van der Waals surface area contributed by atoms with E-state index in [1.807, 2.05) is 6.92 Å². The van der Waals surface area contributed by atoms with Gasteiger partial charge in [0.2, 0.25) is 0 Å². The number of Topliss-reactive ketones (excluding diaryl/α,β-unsaturated/α-hetero) is 1. The maximum atomic E-state index is 11.3. The van der Waals surface area contributed by atoms with Crippen molar-refractivity contribution in [2.75, 3.05) is 6.54 Å². The minimum Gasteiger partial charge on any atom is -0.330 e. The SMILES string of the molecule is CC(CN)CC(=O)C1CCC1. The summed E-state index contributed by atoms with van der Waals surface area (Å²) in [6.45, 7) is 2.68. The highest BCUT2D eigenvalue weighted by molar-refractivity contribution is 5.81. The summed E-state index contributed by atoms with van der Waals surface area (Å²) >= 11 is 0. The topological polar surface area (TPSA) is 43.1 Å². The van der Waals surface area contributed by atoms with Crippen LogP contribution in [0.3, 0.4) is 0 Å². The van der Waals surface area contributed by atoms with E-state index in [1.165, 1.54) is 6.42 Å². The van der Waals surface area contributed by atoms with E-state index in [0.717, 1.165) is 12.8 Å². The predicted molar refractivity (Wildman–Crippen MR) is 45.2 cm³/mol.